The molecule has 0 fully saturated rings. The van der Waals surface area contributed by atoms with Crippen molar-refractivity contribution in [2.75, 3.05) is 5.43 Å². The number of aromatic nitrogens is 2. The van der Waals surface area contributed by atoms with E-state index in [0.29, 0.717) is 27.1 Å². The minimum absolute atomic E-state index is 0.0134. The van der Waals surface area contributed by atoms with Gasteiger partial charge in [-0.05, 0) is 36.0 Å². The smallest absolute Gasteiger partial charge is 0.190 e. The molecule has 1 aromatic carbocycles. The molecule has 2 N–H and O–H groups in total. The average molecular weight is 325 g/mol. The summed E-state index contributed by atoms with van der Waals surface area (Å²) >= 11 is 1.12. The maximum Gasteiger partial charge on any atom is 0.190 e. The number of carbonyl (C=O) groups excluding carboxylic acids is 1. The van der Waals surface area contributed by atoms with Crippen molar-refractivity contribution in [2.24, 2.45) is 15.4 Å². The summed E-state index contributed by atoms with van der Waals surface area (Å²) in [5, 5.41) is 21.0. The van der Waals surface area contributed by atoms with Crippen LogP contribution in [0.15, 0.2) is 56.7 Å². The molecule has 0 spiro atoms. The van der Waals surface area contributed by atoms with Crippen LogP contribution in [0.1, 0.15) is 6.92 Å². The van der Waals surface area contributed by atoms with E-state index < -0.39 is 0 Å². The molecule has 0 aromatic heterocycles. The van der Waals surface area contributed by atoms with Crippen LogP contribution in [0, 0.1) is 16.2 Å². The maximum absolute atomic E-state index is 11.3. The molecule has 1 aliphatic heterocycles. The molecule has 0 bridgehead atoms. The Morgan fingerprint density at radius 1 is 1.22 bits per heavy atom. The third-order valence-corrected chi connectivity index (χ3v) is 3.82. The summed E-state index contributed by atoms with van der Waals surface area (Å²) < 4.78 is 0. The fourth-order valence-electron chi connectivity index (χ4n) is 1.96. The molecule has 1 aliphatic carbocycles. The Kier molecular flexibility index (Phi) is 4.20. The van der Waals surface area contributed by atoms with Crippen molar-refractivity contribution < 1.29 is 4.79 Å². The predicted octanol–water partition coefficient (Wildman–Crippen LogP) is 1.49. The topological polar surface area (TPSA) is 116 Å². The van der Waals surface area contributed by atoms with E-state index in [1.165, 1.54) is 6.92 Å². The van der Waals surface area contributed by atoms with Crippen molar-refractivity contribution in [1.82, 2.24) is 10.2 Å². The fraction of sp³-hybridized carbons (Fsp3) is 0.0714. The lowest BCUT2D eigenvalue weighted by Crippen LogP contribution is -2.31. The molecule has 0 saturated heterocycles. The molecule has 23 heavy (non-hydrogen) atoms. The first-order chi connectivity index (χ1) is 11.2. The second kappa shape index (κ2) is 6.44. The van der Waals surface area contributed by atoms with Gasteiger partial charge >= 0.3 is 0 Å². The number of para-hydroxylation sites is 1. The molecule has 9 heteroatoms. The predicted molar refractivity (Wildman–Crippen MR) is 82.6 cm³/mol. The van der Waals surface area contributed by atoms with Crippen molar-refractivity contribution in [1.29, 1.82) is 5.53 Å². The molecule has 2 aliphatic rings. The number of thioether (sulfide) groups is 1. The summed E-state index contributed by atoms with van der Waals surface area (Å²) in [5.41, 5.74) is 10.5. The first kappa shape index (κ1) is 15.0. The zero-order chi connectivity index (χ0) is 16.2. The molecule has 1 aromatic rings. The van der Waals surface area contributed by atoms with E-state index >= 15 is 0 Å². The molecule has 114 valence electrons. The molecule has 1 heterocycles. The van der Waals surface area contributed by atoms with Gasteiger partial charge in [-0.2, -0.15) is 10.6 Å². The van der Waals surface area contributed by atoms with Gasteiger partial charge in [-0.25, -0.2) is 0 Å². The lowest BCUT2D eigenvalue weighted by molar-refractivity contribution is -0.109. The number of carbonyl (C=O) groups is 1. The normalized spacial score (nSPS) is 12.7. The summed E-state index contributed by atoms with van der Waals surface area (Å²) in [4.78, 5) is 12.1. The number of anilines is 1. The molecule has 0 unspecified atom stereocenters. The minimum atomic E-state index is -0.0134. The second-order valence-corrected chi connectivity index (χ2v) is 5.73. The van der Waals surface area contributed by atoms with Crippen molar-refractivity contribution >= 4 is 22.6 Å². The van der Waals surface area contributed by atoms with Gasteiger partial charge in [0.15, 0.2) is 5.12 Å². The van der Waals surface area contributed by atoms with Gasteiger partial charge in [0.25, 0.3) is 0 Å². The van der Waals surface area contributed by atoms with Crippen LogP contribution < -0.4 is 16.1 Å². The van der Waals surface area contributed by atoms with Crippen LogP contribution in [0.3, 0.4) is 0 Å². The fourth-order valence-corrected chi connectivity index (χ4v) is 2.64. The monoisotopic (exact) mass is 325 g/mol. The number of nitrogens with zero attached hydrogens (tertiary/aromatic N) is 5. The Balaban J connectivity index is 2.07. The first-order valence-electron chi connectivity index (χ1n) is 6.59. The summed E-state index contributed by atoms with van der Waals surface area (Å²) in [6, 6.07) is 10.8. The maximum atomic E-state index is 11.3. The Hall–Kier alpha value is -2.94. The number of hydrogen-bond donors (Lipinski definition) is 2. The Bertz CT molecular complexity index is 1040. The molecular weight excluding hydrogens is 314 g/mol. The van der Waals surface area contributed by atoms with Gasteiger partial charge in [-0.15, -0.1) is 15.3 Å². The van der Waals surface area contributed by atoms with Crippen LogP contribution in [0.4, 0.5) is 5.69 Å². The third-order valence-electron chi connectivity index (χ3n) is 2.95. The highest BCUT2D eigenvalue weighted by Gasteiger charge is 2.06. The largest absolute Gasteiger partial charge is 0.287 e. The van der Waals surface area contributed by atoms with Gasteiger partial charge < -0.3 is 0 Å². The van der Waals surface area contributed by atoms with E-state index in [1.807, 2.05) is 24.3 Å². The highest BCUT2D eigenvalue weighted by atomic mass is 32.2. The van der Waals surface area contributed by atoms with Gasteiger partial charge in [0, 0.05) is 11.8 Å². The Labute approximate surface area is 134 Å². The van der Waals surface area contributed by atoms with Crippen LogP contribution in [-0.4, -0.2) is 15.3 Å². The summed E-state index contributed by atoms with van der Waals surface area (Å²) in [6.45, 7) is 1.51. The number of benzene rings is 1. The Morgan fingerprint density at radius 3 is 2.74 bits per heavy atom. The lowest BCUT2D eigenvalue weighted by atomic mass is 10.3. The van der Waals surface area contributed by atoms with E-state index in [-0.39, 0.29) is 5.12 Å². The number of rotatable bonds is 4. The quantitative estimate of drug-likeness (QED) is 0.428. The van der Waals surface area contributed by atoms with Crippen LogP contribution >= 0.6 is 11.8 Å². The van der Waals surface area contributed by atoms with Gasteiger partial charge in [-0.3, -0.25) is 10.2 Å². The Morgan fingerprint density at radius 2 is 2.04 bits per heavy atom. The molecule has 0 saturated carbocycles. The van der Waals surface area contributed by atoms with Gasteiger partial charge in [0.1, 0.15) is 21.4 Å². The van der Waals surface area contributed by atoms with E-state index in [2.05, 4.69) is 31.0 Å². The van der Waals surface area contributed by atoms with Crippen LogP contribution in [0.25, 0.3) is 0 Å². The molecule has 0 radical (unpaired) electrons. The van der Waals surface area contributed by atoms with Crippen molar-refractivity contribution in [3.63, 3.8) is 0 Å². The van der Waals surface area contributed by atoms with E-state index in [4.69, 9.17) is 5.53 Å². The van der Waals surface area contributed by atoms with Crippen LogP contribution in [-0.2, 0) is 4.79 Å². The van der Waals surface area contributed by atoms with Crippen molar-refractivity contribution in [3.8, 4) is 0 Å². The van der Waals surface area contributed by atoms with Crippen LogP contribution in [0.5, 0.6) is 0 Å². The highest BCUT2D eigenvalue weighted by molar-refractivity contribution is 8.13. The standard InChI is InChI=1S/C14H11N7OS/c1-8(22)23-12-5-3-2-4-9(12)16-19-14-11(18-21-15)7-6-10-13(14)20-17-10/h2-7,15-16H,1H3/b18-11+,19-14-,21-15?. The van der Waals surface area contributed by atoms with Gasteiger partial charge in [-0.1, -0.05) is 17.4 Å². The zero-order valence-electron chi connectivity index (χ0n) is 12.0. The van der Waals surface area contributed by atoms with E-state index in [9.17, 15) is 4.79 Å². The SMILES string of the molecule is CC(=O)Sc1ccccc1N/N=c1\c2nnc=2cc\c1=N/N=N. The van der Waals surface area contributed by atoms with Crippen molar-refractivity contribution in [2.45, 2.75) is 11.8 Å². The number of nitrogens with one attached hydrogen (secondary N) is 2. The van der Waals surface area contributed by atoms with Crippen molar-refractivity contribution in [3.05, 3.63) is 57.8 Å². The number of hydrogen-bond acceptors (Lipinski definition) is 8. The van der Waals surface area contributed by atoms with Gasteiger partial charge in [0.05, 0.1) is 5.69 Å². The highest BCUT2D eigenvalue weighted by Crippen LogP contribution is 2.27. The zero-order valence-corrected chi connectivity index (χ0v) is 12.8. The minimum Gasteiger partial charge on any atom is -0.287 e. The molecule has 0 amide bonds. The lowest BCUT2D eigenvalue weighted by Gasteiger charge is -2.06. The summed E-state index contributed by atoms with van der Waals surface area (Å²) in [5.74, 6) is 0. The second-order valence-electron chi connectivity index (χ2n) is 4.51. The molecular formula is C14H11N7OS. The molecule has 0 atom stereocenters. The van der Waals surface area contributed by atoms with E-state index in [0.717, 1.165) is 16.7 Å². The van der Waals surface area contributed by atoms with Crippen LogP contribution in [0.2, 0.25) is 0 Å². The first-order valence-corrected chi connectivity index (χ1v) is 7.41. The third kappa shape index (κ3) is 3.14. The average Bonchev–Trinajstić information content (AvgIpc) is 2.49. The van der Waals surface area contributed by atoms with E-state index in [1.54, 1.807) is 12.1 Å². The summed E-state index contributed by atoms with van der Waals surface area (Å²) in [7, 11) is 0. The summed E-state index contributed by atoms with van der Waals surface area (Å²) in [6.07, 6.45) is 0. The molecule has 3 rings (SSSR count). The van der Waals surface area contributed by atoms with Gasteiger partial charge in [0.2, 0.25) is 0 Å². The molecule has 8 nitrogen and oxygen atoms in total.